The molecule has 112 valence electrons. The van der Waals surface area contributed by atoms with Crippen LogP contribution in [-0.2, 0) is 4.74 Å². The number of hydrogen-bond acceptors (Lipinski definition) is 2. The van der Waals surface area contributed by atoms with Gasteiger partial charge in [0.1, 0.15) is 11.5 Å². The van der Waals surface area contributed by atoms with Crippen LogP contribution < -0.4 is 0 Å². The summed E-state index contributed by atoms with van der Waals surface area (Å²) in [4.78, 5) is 15.2. The molecule has 5 heteroatoms. The van der Waals surface area contributed by atoms with Gasteiger partial charge in [0.2, 0.25) is 0 Å². The number of H-pyrrole nitrogens is 1. The molecule has 1 N–H and O–H groups in total. The zero-order chi connectivity index (χ0) is 15.7. The molecule has 0 atom stereocenters. The highest BCUT2D eigenvalue weighted by Crippen LogP contribution is 2.34. The van der Waals surface area contributed by atoms with Crippen LogP contribution in [0, 0.1) is 5.82 Å². The summed E-state index contributed by atoms with van der Waals surface area (Å²) < 4.78 is 18.7. The standard InChI is InChI=1S/C17H13ClFNO2/c1-2-22-17(21)16-15(10-3-5-11(18)6-4-10)13-9-12(19)7-8-14(13)20-16/h3-9,20H,2H2,1H3. The molecular formula is C17H13ClFNO2. The lowest BCUT2D eigenvalue weighted by molar-refractivity contribution is 0.0521. The van der Waals surface area contributed by atoms with Crippen molar-refractivity contribution in [2.75, 3.05) is 6.61 Å². The molecular weight excluding hydrogens is 305 g/mol. The van der Waals surface area contributed by atoms with Crippen molar-refractivity contribution in [1.82, 2.24) is 4.98 Å². The first-order chi connectivity index (χ1) is 10.6. The molecule has 0 amide bonds. The zero-order valence-electron chi connectivity index (χ0n) is 11.8. The Kier molecular flexibility index (Phi) is 3.86. The molecule has 0 saturated carbocycles. The SMILES string of the molecule is CCOC(=O)c1[nH]c2ccc(F)cc2c1-c1ccc(Cl)cc1. The quantitative estimate of drug-likeness (QED) is 0.705. The second-order valence-electron chi connectivity index (χ2n) is 4.79. The summed E-state index contributed by atoms with van der Waals surface area (Å²) in [5.74, 6) is -0.832. The number of esters is 1. The van der Waals surface area contributed by atoms with E-state index < -0.39 is 5.97 Å². The lowest BCUT2D eigenvalue weighted by Gasteiger charge is -2.05. The van der Waals surface area contributed by atoms with E-state index in [2.05, 4.69) is 4.98 Å². The average Bonchev–Trinajstić information content (AvgIpc) is 2.87. The number of benzene rings is 2. The summed E-state index contributed by atoms with van der Waals surface area (Å²) in [6.07, 6.45) is 0. The Labute approximate surface area is 131 Å². The number of ether oxygens (including phenoxy) is 1. The Hall–Kier alpha value is -2.33. The highest BCUT2D eigenvalue weighted by atomic mass is 35.5. The Morgan fingerprint density at radius 2 is 1.95 bits per heavy atom. The van der Waals surface area contributed by atoms with Gasteiger partial charge < -0.3 is 9.72 Å². The van der Waals surface area contributed by atoms with Gasteiger partial charge in [-0.25, -0.2) is 9.18 Å². The molecule has 0 radical (unpaired) electrons. The maximum Gasteiger partial charge on any atom is 0.355 e. The number of hydrogen-bond donors (Lipinski definition) is 1. The van der Waals surface area contributed by atoms with Gasteiger partial charge >= 0.3 is 5.97 Å². The summed E-state index contributed by atoms with van der Waals surface area (Å²) >= 11 is 5.91. The van der Waals surface area contributed by atoms with Crippen LogP contribution in [0.4, 0.5) is 4.39 Å². The molecule has 3 rings (SSSR count). The predicted molar refractivity (Wildman–Crippen MR) is 84.7 cm³/mol. The first-order valence-electron chi connectivity index (χ1n) is 6.84. The largest absolute Gasteiger partial charge is 0.461 e. The van der Waals surface area contributed by atoms with Crippen molar-refractivity contribution < 1.29 is 13.9 Å². The van der Waals surface area contributed by atoms with Crippen LogP contribution in [-0.4, -0.2) is 17.6 Å². The molecule has 3 aromatic rings. The molecule has 0 saturated heterocycles. The van der Waals surface area contributed by atoms with E-state index in [4.69, 9.17) is 16.3 Å². The van der Waals surface area contributed by atoms with E-state index in [0.717, 1.165) is 5.56 Å². The minimum absolute atomic E-state index is 0.266. The Morgan fingerprint density at radius 1 is 1.23 bits per heavy atom. The van der Waals surface area contributed by atoms with Crippen molar-refractivity contribution in [3.05, 3.63) is 59.0 Å². The Balaban J connectivity index is 2.27. The summed E-state index contributed by atoms with van der Waals surface area (Å²) in [5.41, 5.74) is 2.37. The predicted octanol–water partition coefficient (Wildman–Crippen LogP) is 4.80. The second-order valence-corrected chi connectivity index (χ2v) is 5.23. The van der Waals surface area contributed by atoms with Crippen LogP contribution >= 0.6 is 11.6 Å². The first-order valence-corrected chi connectivity index (χ1v) is 7.22. The third-order valence-electron chi connectivity index (χ3n) is 3.37. The lowest BCUT2D eigenvalue weighted by atomic mass is 10.0. The fourth-order valence-corrected chi connectivity index (χ4v) is 2.56. The zero-order valence-corrected chi connectivity index (χ0v) is 12.6. The topological polar surface area (TPSA) is 42.1 Å². The van der Waals surface area contributed by atoms with Gasteiger partial charge in [0.05, 0.1) is 6.61 Å². The normalized spacial score (nSPS) is 10.9. The third kappa shape index (κ3) is 2.57. The number of nitrogens with one attached hydrogen (secondary N) is 1. The van der Waals surface area contributed by atoms with Gasteiger partial charge in [0, 0.05) is 21.5 Å². The van der Waals surface area contributed by atoms with Gasteiger partial charge in [0.25, 0.3) is 0 Å². The van der Waals surface area contributed by atoms with Crippen molar-refractivity contribution in [1.29, 1.82) is 0 Å². The van der Waals surface area contributed by atoms with E-state index in [-0.39, 0.29) is 12.4 Å². The van der Waals surface area contributed by atoms with Gasteiger partial charge in [-0.15, -0.1) is 0 Å². The maximum absolute atomic E-state index is 13.6. The van der Waals surface area contributed by atoms with Crippen LogP contribution in [0.15, 0.2) is 42.5 Å². The van der Waals surface area contributed by atoms with Gasteiger partial charge in [-0.1, -0.05) is 23.7 Å². The van der Waals surface area contributed by atoms with Gasteiger partial charge in [0.15, 0.2) is 0 Å². The number of aromatic amines is 1. The smallest absolute Gasteiger partial charge is 0.355 e. The van der Waals surface area contributed by atoms with Crippen molar-refractivity contribution in [2.24, 2.45) is 0 Å². The number of carbonyl (C=O) groups excluding carboxylic acids is 1. The first kappa shape index (κ1) is 14.6. The van der Waals surface area contributed by atoms with Crippen LogP contribution in [0.25, 0.3) is 22.0 Å². The number of halogens is 2. The van der Waals surface area contributed by atoms with Crippen molar-refractivity contribution in [3.63, 3.8) is 0 Å². The fraction of sp³-hybridized carbons (Fsp3) is 0.118. The number of aromatic nitrogens is 1. The minimum Gasteiger partial charge on any atom is -0.461 e. The van der Waals surface area contributed by atoms with Crippen LogP contribution in [0.3, 0.4) is 0 Å². The van der Waals surface area contributed by atoms with E-state index in [9.17, 15) is 9.18 Å². The molecule has 2 aromatic carbocycles. The average molecular weight is 318 g/mol. The van der Waals surface area contributed by atoms with Gasteiger partial charge in [-0.05, 0) is 42.8 Å². The Morgan fingerprint density at radius 3 is 2.64 bits per heavy atom. The number of carbonyl (C=O) groups is 1. The molecule has 1 aromatic heterocycles. The monoisotopic (exact) mass is 317 g/mol. The summed E-state index contributed by atoms with van der Waals surface area (Å²) in [6, 6.07) is 11.4. The maximum atomic E-state index is 13.6. The van der Waals surface area contributed by atoms with Gasteiger partial charge in [-0.3, -0.25) is 0 Å². The molecule has 0 fully saturated rings. The summed E-state index contributed by atoms with van der Waals surface area (Å²) in [6.45, 7) is 2.00. The molecule has 1 heterocycles. The third-order valence-corrected chi connectivity index (χ3v) is 3.63. The molecule has 0 aliphatic heterocycles. The van der Waals surface area contributed by atoms with Crippen molar-refractivity contribution in [3.8, 4) is 11.1 Å². The van der Waals surface area contributed by atoms with Crippen LogP contribution in [0.1, 0.15) is 17.4 Å². The molecule has 0 aliphatic carbocycles. The number of rotatable bonds is 3. The van der Waals surface area contributed by atoms with E-state index in [1.54, 1.807) is 37.3 Å². The fourth-order valence-electron chi connectivity index (χ4n) is 2.44. The minimum atomic E-state index is -0.468. The lowest BCUT2D eigenvalue weighted by Crippen LogP contribution is -2.06. The van der Waals surface area contributed by atoms with E-state index in [1.165, 1.54) is 12.1 Å². The Bertz CT molecular complexity index is 840. The van der Waals surface area contributed by atoms with Crippen LogP contribution in [0.2, 0.25) is 5.02 Å². The van der Waals surface area contributed by atoms with Crippen molar-refractivity contribution in [2.45, 2.75) is 6.92 Å². The van der Waals surface area contributed by atoms with E-state index in [0.29, 0.717) is 27.2 Å². The molecule has 3 nitrogen and oxygen atoms in total. The summed E-state index contributed by atoms with van der Waals surface area (Å²) in [7, 11) is 0. The van der Waals surface area contributed by atoms with Gasteiger partial charge in [-0.2, -0.15) is 0 Å². The summed E-state index contributed by atoms with van der Waals surface area (Å²) in [5, 5.41) is 1.22. The molecule has 0 unspecified atom stereocenters. The highest BCUT2D eigenvalue weighted by Gasteiger charge is 2.20. The molecule has 22 heavy (non-hydrogen) atoms. The second kappa shape index (κ2) is 5.81. The van der Waals surface area contributed by atoms with Crippen LogP contribution in [0.5, 0.6) is 0 Å². The molecule has 0 aliphatic rings. The van der Waals surface area contributed by atoms with E-state index >= 15 is 0 Å². The highest BCUT2D eigenvalue weighted by molar-refractivity contribution is 6.30. The molecule has 0 spiro atoms. The number of fused-ring (bicyclic) bond motifs is 1. The molecule has 0 bridgehead atoms. The van der Waals surface area contributed by atoms with Crippen molar-refractivity contribution >= 4 is 28.5 Å². The van der Waals surface area contributed by atoms with E-state index in [1.807, 2.05) is 0 Å².